The zero-order valence-corrected chi connectivity index (χ0v) is 16.3. The molecule has 0 amide bonds. The Kier molecular flexibility index (Phi) is 9.40. The van der Waals surface area contributed by atoms with Crippen molar-refractivity contribution in [3.05, 3.63) is 30.3 Å². The minimum absolute atomic E-state index is 0. The Morgan fingerprint density at radius 3 is 2.04 bits per heavy atom. The summed E-state index contributed by atoms with van der Waals surface area (Å²) in [5.74, 6) is -0.345. The molecule has 0 aromatic heterocycles. The van der Waals surface area contributed by atoms with Crippen molar-refractivity contribution in [3.8, 4) is 0 Å². The predicted molar refractivity (Wildman–Crippen MR) is 98.2 cm³/mol. The normalized spacial score (nSPS) is 12.6. The van der Waals surface area contributed by atoms with E-state index in [2.05, 4.69) is 9.44 Å². The van der Waals surface area contributed by atoms with Gasteiger partial charge in [0.15, 0.2) is 0 Å². The molecule has 0 spiro atoms. The lowest BCUT2D eigenvalue weighted by Crippen LogP contribution is -2.50. The first-order chi connectivity index (χ1) is 10.6. The highest BCUT2D eigenvalue weighted by Gasteiger charge is 2.23. The molecule has 10 heteroatoms. The molecule has 0 atom stereocenters. The van der Waals surface area contributed by atoms with E-state index in [1.54, 1.807) is 18.2 Å². The average Bonchev–Trinajstić information content (AvgIpc) is 2.53. The average molecular weight is 400 g/mol. The third kappa shape index (κ3) is 7.45. The van der Waals surface area contributed by atoms with Gasteiger partial charge in [-0.25, -0.2) is 26.3 Å². The van der Waals surface area contributed by atoms with Crippen molar-refractivity contribution >= 4 is 32.5 Å². The number of halogens is 1. The SMILES string of the molecule is CCC(N)(CC)CNS(=O)(=O)CCNS(=O)(=O)c1ccccc1.Cl. The van der Waals surface area contributed by atoms with Crippen LogP contribution < -0.4 is 15.2 Å². The van der Waals surface area contributed by atoms with E-state index in [-0.39, 0.29) is 36.1 Å². The highest BCUT2D eigenvalue weighted by atomic mass is 35.5. The molecule has 0 aliphatic carbocycles. The standard InChI is InChI=1S/C14H25N3O4S2.ClH/c1-3-14(15,4-2)12-17-22(18,19)11-10-16-23(20,21)13-8-6-5-7-9-13;/h5-9,16-17H,3-4,10-12,15H2,1-2H3;1H. The van der Waals surface area contributed by atoms with Crippen LogP contribution in [0.3, 0.4) is 0 Å². The van der Waals surface area contributed by atoms with Crippen LogP contribution in [0, 0.1) is 0 Å². The monoisotopic (exact) mass is 399 g/mol. The minimum Gasteiger partial charge on any atom is -0.324 e. The van der Waals surface area contributed by atoms with Gasteiger partial charge in [-0.15, -0.1) is 12.4 Å². The van der Waals surface area contributed by atoms with Crippen LogP contribution in [0.5, 0.6) is 0 Å². The van der Waals surface area contributed by atoms with Crippen LogP contribution >= 0.6 is 12.4 Å². The Balaban J connectivity index is 0.00000529. The van der Waals surface area contributed by atoms with E-state index in [0.717, 1.165) is 0 Å². The Morgan fingerprint density at radius 2 is 1.54 bits per heavy atom. The van der Waals surface area contributed by atoms with Gasteiger partial charge in [0.25, 0.3) is 0 Å². The lowest BCUT2D eigenvalue weighted by molar-refractivity contribution is 0.392. The molecule has 1 rings (SSSR count). The van der Waals surface area contributed by atoms with Gasteiger partial charge in [-0.3, -0.25) is 0 Å². The molecule has 0 saturated heterocycles. The molecule has 1 aromatic carbocycles. The number of nitrogens with two attached hydrogens (primary N) is 1. The molecule has 0 bridgehead atoms. The van der Waals surface area contributed by atoms with Gasteiger partial charge < -0.3 is 5.73 Å². The molecule has 4 N–H and O–H groups in total. The van der Waals surface area contributed by atoms with Crippen LogP contribution in [0.15, 0.2) is 35.2 Å². The number of sulfonamides is 2. The van der Waals surface area contributed by atoms with Crippen molar-refractivity contribution in [2.45, 2.75) is 37.1 Å². The summed E-state index contributed by atoms with van der Waals surface area (Å²) in [6.07, 6.45) is 1.29. The third-order valence-corrected chi connectivity index (χ3v) is 6.57. The Morgan fingerprint density at radius 1 is 1.00 bits per heavy atom. The largest absolute Gasteiger partial charge is 0.324 e. The molecule has 0 radical (unpaired) electrons. The molecular formula is C14H26ClN3O4S2. The van der Waals surface area contributed by atoms with Crippen LogP contribution in [0.1, 0.15) is 26.7 Å². The second-order valence-electron chi connectivity index (χ2n) is 5.42. The fraction of sp³-hybridized carbons (Fsp3) is 0.571. The predicted octanol–water partition coefficient (Wildman–Crippen LogP) is 0.824. The quantitative estimate of drug-likeness (QED) is 0.538. The van der Waals surface area contributed by atoms with Crippen LogP contribution in [-0.4, -0.2) is 41.2 Å². The molecular weight excluding hydrogens is 374 g/mol. The van der Waals surface area contributed by atoms with Crippen LogP contribution in [-0.2, 0) is 20.0 Å². The van der Waals surface area contributed by atoms with E-state index in [1.165, 1.54) is 12.1 Å². The number of hydrogen-bond donors (Lipinski definition) is 3. The van der Waals surface area contributed by atoms with Crippen molar-refractivity contribution in [1.82, 2.24) is 9.44 Å². The number of hydrogen-bond acceptors (Lipinski definition) is 5. The first-order valence-electron chi connectivity index (χ1n) is 7.45. The topological polar surface area (TPSA) is 118 Å². The van der Waals surface area contributed by atoms with E-state index in [4.69, 9.17) is 5.73 Å². The molecule has 1 aromatic rings. The number of benzene rings is 1. The summed E-state index contributed by atoms with van der Waals surface area (Å²) in [4.78, 5) is 0.100. The molecule has 0 aliphatic heterocycles. The van der Waals surface area contributed by atoms with E-state index in [0.29, 0.717) is 12.8 Å². The van der Waals surface area contributed by atoms with Gasteiger partial charge in [0.2, 0.25) is 20.0 Å². The minimum atomic E-state index is -3.70. The van der Waals surface area contributed by atoms with Crippen LogP contribution in [0.25, 0.3) is 0 Å². The second kappa shape index (κ2) is 9.69. The number of rotatable bonds is 10. The highest BCUT2D eigenvalue weighted by Crippen LogP contribution is 2.10. The maximum absolute atomic E-state index is 12.0. The van der Waals surface area contributed by atoms with E-state index < -0.39 is 25.6 Å². The summed E-state index contributed by atoms with van der Waals surface area (Å²) >= 11 is 0. The third-order valence-electron chi connectivity index (χ3n) is 3.77. The molecule has 0 aliphatic rings. The van der Waals surface area contributed by atoms with Gasteiger partial charge in [-0.2, -0.15) is 0 Å². The zero-order valence-electron chi connectivity index (χ0n) is 13.9. The van der Waals surface area contributed by atoms with Gasteiger partial charge in [0, 0.05) is 18.6 Å². The first kappa shape index (κ1) is 23.3. The molecule has 140 valence electrons. The van der Waals surface area contributed by atoms with Crippen LogP contribution in [0.2, 0.25) is 0 Å². The maximum atomic E-state index is 12.0. The van der Waals surface area contributed by atoms with Gasteiger partial charge in [-0.1, -0.05) is 32.0 Å². The molecule has 0 heterocycles. The summed E-state index contributed by atoms with van der Waals surface area (Å²) in [5.41, 5.74) is 5.45. The summed E-state index contributed by atoms with van der Waals surface area (Å²) in [6, 6.07) is 7.79. The van der Waals surface area contributed by atoms with Gasteiger partial charge in [0.1, 0.15) is 0 Å². The summed E-state index contributed by atoms with van der Waals surface area (Å²) in [5, 5.41) is 0. The molecule has 0 fully saturated rings. The van der Waals surface area contributed by atoms with Crippen molar-refractivity contribution in [3.63, 3.8) is 0 Å². The van der Waals surface area contributed by atoms with Crippen molar-refractivity contribution in [2.24, 2.45) is 5.73 Å². The molecule has 0 saturated carbocycles. The molecule has 0 unspecified atom stereocenters. The van der Waals surface area contributed by atoms with Crippen LogP contribution in [0.4, 0.5) is 0 Å². The Hall–Kier alpha value is -0.710. The Labute approximate surface area is 150 Å². The summed E-state index contributed by atoms with van der Waals surface area (Å²) < 4.78 is 52.5. The summed E-state index contributed by atoms with van der Waals surface area (Å²) in [6.45, 7) is 3.72. The Bertz CT molecular complexity index is 690. The van der Waals surface area contributed by atoms with Crippen molar-refractivity contribution < 1.29 is 16.8 Å². The fourth-order valence-corrected chi connectivity index (χ4v) is 4.02. The molecule has 24 heavy (non-hydrogen) atoms. The van der Waals surface area contributed by atoms with E-state index in [1.807, 2.05) is 13.8 Å². The van der Waals surface area contributed by atoms with E-state index in [9.17, 15) is 16.8 Å². The fourth-order valence-electron chi connectivity index (χ4n) is 1.82. The van der Waals surface area contributed by atoms with Gasteiger partial charge >= 0.3 is 0 Å². The maximum Gasteiger partial charge on any atom is 0.240 e. The number of nitrogens with one attached hydrogen (secondary N) is 2. The second-order valence-corrected chi connectivity index (χ2v) is 9.11. The van der Waals surface area contributed by atoms with E-state index >= 15 is 0 Å². The van der Waals surface area contributed by atoms with Crippen molar-refractivity contribution in [1.29, 1.82) is 0 Å². The van der Waals surface area contributed by atoms with Gasteiger partial charge in [0.05, 0.1) is 10.6 Å². The zero-order chi connectivity index (χ0) is 17.6. The summed E-state index contributed by atoms with van der Waals surface area (Å²) in [7, 11) is -7.30. The first-order valence-corrected chi connectivity index (χ1v) is 10.6. The highest BCUT2D eigenvalue weighted by molar-refractivity contribution is 7.90. The lowest BCUT2D eigenvalue weighted by Gasteiger charge is -2.26. The molecule has 7 nitrogen and oxygen atoms in total. The van der Waals surface area contributed by atoms with Crippen molar-refractivity contribution in [2.75, 3.05) is 18.8 Å². The van der Waals surface area contributed by atoms with Gasteiger partial charge in [-0.05, 0) is 25.0 Å². The lowest BCUT2D eigenvalue weighted by atomic mass is 9.95. The smallest absolute Gasteiger partial charge is 0.240 e.